The summed E-state index contributed by atoms with van der Waals surface area (Å²) in [6.07, 6.45) is 1.34. The second-order valence-corrected chi connectivity index (χ2v) is 13.3. The van der Waals surface area contributed by atoms with Gasteiger partial charge in [-0.1, -0.05) is 59.1 Å². The summed E-state index contributed by atoms with van der Waals surface area (Å²) in [5.74, 6) is -0.323. The van der Waals surface area contributed by atoms with Gasteiger partial charge in [0.15, 0.2) is 0 Å². The molecule has 3 aromatic carbocycles. The second kappa shape index (κ2) is 12.2. The molecule has 39 heavy (non-hydrogen) atoms. The average molecular weight is 607 g/mol. The Morgan fingerprint density at radius 2 is 1.21 bits per heavy atom. The first-order valence-corrected chi connectivity index (χ1v) is 15.6. The lowest BCUT2D eigenvalue weighted by Crippen LogP contribution is -2.53. The number of rotatable bonds is 6. The molecular weight excluding hydrogens is 577 g/mol. The summed E-state index contributed by atoms with van der Waals surface area (Å²) in [7, 11) is -3.69. The van der Waals surface area contributed by atoms with Gasteiger partial charge in [0.1, 0.15) is 0 Å². The molecule has 3 aromatic rings. The molecule has 206 valence electrons. The van der Waals surface area contributed by atoms with E-state index in [-0.39, 0.29) is 29.3 Å². The molecule has 0 radical (unpaired) electrons. The fourth-order valence-electron chi connectivity index (χ4n) is 5.48. The van der Waals surface area contributed by atoms with E-state index in [1.807, 2.05) is 53.4 Å². The van der Waals surface area contributed by atoms with Crippen molar-refractivity contribution in [3.63, 3.8) is 0 Å². The summed E-state index contributed by atoms with van der Waals surface area (Å²) in [6.45, 7) is 3.16. The zero-order valence-electron chi connectivity index (χ0n) is 21.3. The van der Waals surface area contributed by atoms with E-state index >= 15 is 0 Å². The molecule has 0 spiro atoms. The van der Waals surface area contributed by atoms with Crippen molar-refractivity contribution in [3.05, 3.63) is 99.0 Å². The summed E-state index contributed by atoms with van der Waals surface area (Å²) < 4.78 is 27.9. The molecule has 0 aromatic heterocycles. The first-order valence-electron chi connectivity index (χ1n) is 13.0. The maximum absolute atomic E-state index is 13.5. The Bertz CT molecular complexity index is 1350. The van der Waals surface area contributed by atoms with Crippen LogP contribution in [0.5, 0.6) is 0 Å². The maximum atomic E-state index is 13.5. The average Bonchev–Trinajstić information content (AvgIpc) is 2.95. The normalized spacial score (nSPS) is 19.4. The molecule has 10 heteroatoms. The number of carbonyl (C=O) groups excluding carboxylic acids is 1. The van der Waals surface area contributed by atoms with Gasteiger partial charge in [0.05, 0.1) is 16.9 Å². The highest BCUT2D eigenvalue weighted by atomic mass is 35.5. The van der Waals surface area contributed by atoms with Crippen LogP contribution in [0, 0.1) is 5.92 Å². The van der Waals surface area contributed by atoms with Crippen LogP contribution in [0.4, 0.5) is 0 Å². The SMILES string of the molecule is O=C(C1CCCN(S(=O)(=O)c2ccc(Cl)cc2)C1)N1CCN(C(c2ccc(Cl)cc2)c2ccc(Cl)cc2)CC1. The van der Waals surface area contributed by atoms with Crippen molar-refractivity contribution in [3.8, 4) is 0 Å². The quantitative estimate of drug-likeness (QED) is 0.346. The highest BCUT2D eigenvalue weighted by Gasteiger charge is 2.36. The predicted octanol–water partition coefficient (Wildman–Crippen LogP) is 5.98. The number of amides is 1. The van der Waals surface area contributed by atoms with Crippen molar-refractivity contribution < 1.29 is 13.2 Å². The van der Waals surface area contributed by atoms with Crippen molar-refractivity contribution in [2.24, 2.45) is 5.92 Å². The van der Waals surface area contributed by atoms with Gasteiger partial charge in [0, 0.05) is 54.3 Å². The molecular formula is C29H30Cl3N3O3S. The zero-order chi connectivity index (χ0) is 27.6. The van der Waals surface area contributed by atoms with Crippen molar-refractivity contribution >= 4 is 50.7 Å². The molecule has 2 heterocycles. The molecule has 1 amide bonds. The van der Waals surface area contributed by atoms with E-state index in [0.717, 1.165) is 11.1 Å². The Morgan fingerprint density at radius 3 is 1.72 bits per heavy atom. The van der Waals surface area contributed by atoms with Crippen LogP contribution in [0.25, 0.3) is 0 Å². The number of piperazine rings is 1. The first kappa shape index (κ1) is 28.4. The summed E-state index contributed by atoms with van der Waals surface area (Å²) in [5.41, 5.74) is 2.24. The summed E-state index contributed by atoms with van der Waals surface area (Å²) >= 11 is 18.2. The lowest BCUT2D eigenvalue weighted by molar-refractivity contribution is -0.138. The summed E-state index contributed by atoms with van der Waals surface area (Å²) in [5, 5.41) is 1.85. The van der Waals surface area contributed by atoms with Gasteiger partial charge >= 0.3 is 0 Å². The lowest BCUT2D eigenvalue weighted by atomic mass is 9.95. The van der Waals surface area contributed by atoms with Crippen molar-refractivity contribution in [2.75, 3.05) is 39.3 Å². The maximum Gasteiger partial charge on any atom is 0.243 e. The number of carbonyl (C=O) groups is 1. The standard InChI is InChI=1S/C29H30Cl3N3O3S/c30-24-7-3-21(4-8-24)28(22-5-9-25(31)10-6-22)33-16-18-34(19-17-33)29(36)23-2-1-15-35(20-23)39(37,38)27-13-11-26(32)12-14-27/h3-14,23,28H,1-2,15-20H2. The Kier molecular flexibility index (Phi) is 8.86. The molecule has 1 unspecified atom stereocenters. The van der Waals surface area contributed by atoms with Crippen LogP contribution >= 0.6 is 34.8 Å². The van der Waals surface area contributed by atoms with Crippen LogP contribution in [-0.2, 0) is 14.8 Å². The topological polar surface area (TPSA) is 60.9 Å². The van der Waals surface area contributed by atoms with Gasteiger partial charge in [0.2, 0.25) is 15.9 Å². The number of benzene rings is 3. The first-order chi connectivity index (χ1) is 18.7. The van der Waals surface area contributed by atoms with Gasteiger partial charge < -0.3 is 4.90 Å². The van der Waals surface area contributed by atoms with Gasteiger partial charge in [-0.15, -0.1) is 0 Å². The van der Waals surface area contributed by atoms with E-state index in [0.29, 0.717) is 60.6 Å². The molecule has 2 aliphatic heterocycles. The number of nitrogens with zero attached hydrogens (tertiary/aromatic N) is 3. The van der Waals surface area contributed by atoms with E-state index < -0.39 is 10.0 Å². The summed E-state index contributed by atoms with van der Waals surface area (Å²) in [4.78, 5) is 18.0. The molecule has 6 nitrogen and oxygen atoms in total. The van der Waals surface area contributed by atoms with Crippen molar-refractivity contribution in [1.29, 1.82) is 0 Å². The van der Waals surface area contributed by atoms with Crippen LogP contribution in [0.1, 0.15) is 30.0 Å². The number of sulfonamides is 1. The highest BCUT2D eigenvalue weighted by molar-refractivity contribution is 7.89. The van der Waals surface area contributed by atoms with E-state index in [1.54, 1.807) is 12.1 Å². The monoisotopic (exact) mass is 605 g/mol. The van der Waals surface area contributed by atoms with Crippen LogP contribution < -0.4 is 0 Å². The molecule has 1 atom stereocenters. The minimum atomic E-state index is -3.69. The number of piperidine rings is 1. The Balaban J connectivity index is 1.26. The lowest BCUT2D eigenvalue weighted by Gasteiger charge is -2.41. The van der Waals surface area contributed by atoms with Crippen LogP contribution in [0.3, 0.4) is 0 Å². The molecule has 2 fully saturated rings. The molecule has 2 saturated heterocycles. The minimum absolute atomic E-state index is 0.00600. The molecule has 0 bridgehead atoms. The molecule has 0 aliphatic carbocycles. The number of hydrogen-bond donors (Lipinski definition) is 0. The van der Waals surface area contributed by atoms with Gasteiger partial charge in [-0.3, -0.25) is 9.69 Å². The fourth-order valence-corrected chi connectivity index (χ4v) is 7.38. The predicted molar refractivity (Wildman–Crippen MR) is 156 cm³/mol. The number of hydrogen-bond acceptors (Lipinski definition) is 4. The van der Waals surface area contributed by atoms with E-state index in [9.17, 15) is 13.2 Å². The third kappa shape index (κ3) is 6.45. The fraction of sp³-hybridized carbons (Fsp3) is 0.345. The molecule has 0 saturated carbocycles. The van der Waals surface area contributed by atoms with Gasteiger partial charge in [-0.25, -0.2) is 8.42 Å². The zero-order valence-corrected chi connectivity index (χ0v) is 24.4. The van der Waals surface area contributed by atoms with E-state index in [1.165, 1.54) is 16.4 Å². The van der Waals surface area contributed by atoms with Crippen molar-refractivity contribution in [1.82, 2.24) is 14.1 Å². The van der Waals surface area contributed by atoms with Crippen LogP contribution in [0.2, 0.25) is 15.1 Å². The van der Waals surface area contributed by atoms with E-state index in [2.05, 4.69) is 4.90 Å². The van der Waals surface area contributed by atoms with E-state index in [4.69, 9.17) is 34.8 Å². The largest absolute Gasteiger partial charge is 0.340 e. The molecule has 5 rings (SSSR count). The highest BCUT2D eigenvalue weighted by Crippen LogP contribution is 2.32. The number of halogens is 3. The van der Waals surface area contributed by atoms with Gasteiger partial charge in [0.25, 0.3) is 0 Å². The summed E-state index contributed by atoms with van der Waals surface area (Å²) in [6, 6.07) is 21.9. The van der Waals surface area contributed by atoms with Gasteiger partial charge in [-0.2, -0.15) is 4.31 Å². The smallest absolute Gasteiger partial charge is 0.243 e. The Hall–Kier alpha value is -2.13. The van der Waals surface area contributed by atoms with Crippen molar-refractivity contribution in [2.45, 2.75) is 23.8 Å². The van der Waals surface area contributed by atoms with Gasteiger partial charge in [-0.05, 0) is 72.5 Å². The van der Waals surface area contributed by atoms with Crippen LogP contribution in [0.15, 0.2) is 77.7 Å². The Morgan fingerprint density at radius 1 is 0.718 bits per heavy atom. The molecule has 0 N–H and O–H groups in total. The third-order valence-corrected chi connectivity index (χ3v) is 10.2. The Labute approximate surface area is 245 Å². The third-order valence-electron chi connectivity index (χ3n) is 7.55. The van der Waals surface area contributed by atoms with Crippen LogP contribution in [-0.4, -0.2) is 67.7 Å². The second-order valence-electron chi connectivity index (χ2n) is 10.0. The minimum Gasteiger partial charge on any atom is -0.340 e. The molecule has 2 aliphatic rings.